The second kappa shape index (κ2) is 5.30. The summed E-state index contributed by atoms with van der Waals surface area (Å²) in [4.78, 5) is 0. The summed E-state index contributed by atoms with van der Waals surface area (Å²) in [6.07, 6.45) is 2.63. The zero-order chi connectivity index (χ0) is 11.5. The fraction of sp³-hybridized carbons (Fsp3) is 0.538. The summed E-state index contributed by atoms with van der Waals surface area (Å²) < 4.78 is 7.00. The molecular formula is C13H18BrNO. The second-order valence-electron chi connectivity index (χ2n) is 4.61. The van der Waals surface area contributed by atoms with Crippen LogP contribution in [0, 0.1) is 5.92 Å². The standard InChI is InChI=1S/C13H18BrNO/c1-9(15)13(16-8-10-5-6-10)11-3-2-4-12(14)7-11/h2-4,7,9-10,13H,5-6,8,15H2,1H3. The van der Waals surface area contributed by atoms with E-state index in [1.807, 2.05) is 19.1 Å². The average Bonchev–Trinajstić information content (AvgIpc) is 3.01. The first-order valence-corrected chi connectivity index (χ1v) is 6.59. The molecule has 0 bridgehead atoms. The Morgan fingerprint density at radius 3 is 2.81 bits per heavy atom. The normalized spacial score (nSPS) is 19.4. The summed E-state index contributed by atoms with van der Waals surface area (Å²) in [5.41, 5.74) is 7.14. The highest BCUT2D eigenvalue weighted by Gasteiger charge is 2.25. The molecule has 2 nitrogen and oxygen atoms in total. The highest BCUT2D eigenvalue weighted by Crippen LogP contribution is 2.32. The van der Waals surface area contributed by atoms with E-state index in [2.05, 4.69) is 28.1 Å². The van der Waals surface area contributed by atoms with Crippen LogP contribution in [0.15, 0.2) is 28.7 Å². The Morgan fingerprint density at radius 2 is 2.25 bits per heavy atom. The molecule has 2 rings (SSSR count). The summed E-state index contributed by atoms with van der Waals surface area (Å²) >= 11 is 3.48. The molecule has 0 aliphatic heterocycles. The van der Waals surface area contributed by atoms with Crippen LogP contribution in [0.5, 0.6) is 0 Å². The minimum atomic E-state index is 0.0121. The highest BCUT2D eigenvalue weighted by atomic mass is 79.9. The first kappa shape index (κ1) is 12.1. The molecule has 0 radical (unpaired) electrons. The predicted molar refractivity (Wildman–Crippen MR) is 69.2 cm³/mol. The van der Waals surface area contributed by atoms with E-state index in [1.165, 1.54) is 12.8 Å². The lowest BCUT2D eigenvalue weighted by Crippen LogP contribution is -2.27. The van der Waals surface area contributed by atoms with E-state index >= 15 is 0 Å². The molecule has 0 amide bonds. The molecule has 2 atom stereocenters. The molecule has 1 aromatic rings. The molecular weight excluding hydrogens is 266 g/mol. The van der Waals surface area contributed by atoms with Gasteiger partial charge in [-0.2, -0.15) is 0 Å². The van der Waals surface area contributed by atoms with Crippen LogP contribution in [0.2, 0.25) is 0 Å². The smallest absolute Gasteiger partial charge is 0.0973 e. The van der Waals surface area contributed by atoms with Gasteiger partial charge in [-0.25, -0.2) is 0 Å². The number of nitrogens with two attached hydrogens (primary N) is 1. The van der Waals surface area contributed by atoms with Gasteiger partial charge in [0.25, 0.3) is 0 Å². The number of hydrogen-bond acceptors (Lipinski definition) is 2. The number of halogens is 1. The van der Waals surface area contributed by atoms with Crippen molar-refractivity contribution in [1.29, 1.82) is 0 Å². The van der Waals surface area contributed by atoms with E-state index in [-0.39, 0.29) is 12.1 Å². The summed E-state index contributed by atoms with van der Waals surface area (Å²) in [6.45, 7) is 2.84. The Hall–Kier alpha value is -0.380. The minimum absolute atomic E-state index is 0.0121. The molecule has 2 unspecified atom stereocenters. The predicted octanol–water partition coefficient (Wildman–Crippen LogP) is 3.26. The lowest BCUT2D eigenvalue weighted by atomic mass is 10.0. The van der Waals surface area contributed by atoms with Gasteiger partial charge < -0.3 is 10.5 Å². The third-order valence-corrected chi connectivity index (χ3v) is 3.36. The third kappa shape index (κ3) is 3.30. The first-order chi connectivity index (χ1) is 7.66. The summed E-state index contributed by atoms with van der Waals surface area (Å²) in [6, 6.07) is 8.22. The van der Waals surface area contributed by atoms with Crippen LogP contribution in [-0.2, 0) is 4.74 Å². The molecule has 0 saturated heterocycles. The monoisotopic (exact) mass is 283 g/mol. The Morgan fingerprint density at radius 1 is 1.50 bits per heavy atom. The highest BCUT2D eigenvalue weighted by molar-refractivity contribution is 9.10. The van der Waals surface area contributed by atoms with E-state index in [9.17, 15) is 0 Å². The van der Waals surface area contributed by atoms with Crippen LogP contribution in [0.25, 0.3) is 0 Å². The molecule has 0 heterocycles. The number of benzene rings is 1. The topological polar surface area (TPSA) is 35.2 Å². The third-order valence-electron chi connectivity index (χ3n) is 2.86. The van der Waals surface area contributed by atoms with Gasteiger partial charge in [0.2, 0.25) is 0 Å². The van der Waals surface area contributed by atoms with Crippen molar-refractivity contribution in [3.63, 3.8) is 0 Å². The molecule has 0 aromatic heterocycles. The van der Waals surface area contributed by atoms with Crippen molar-refractivity contribution < 1.29 is 4.74 Å². The van der Waals surface area contributed by atoms with Gasteiger partial charge in [-0.05, 0) is 43.4 Å². The Balaban J connectivity index is 2.04. The van der Waals surface area contributed by atoms with Crippen LogP contribution in [0.3, 0.4) is 0 Å². The minimum Gasteiger partial charge on any atom is -0.372 e. The van der Waals surface area contributed by atoms with E-state index in [0.717, 1.165) is 22.6 Å². The van der Waals surface area contributed by atoms with Gasteiger partial charge in [-0.1, -0.05) is 28.1 Å². The molecule has 16 heavy (non-hydrogen) atoms. The van der Waals surface area contributed by atoms with Crippen LogP contribution < -0.4 is 5.73 Å². The van der Waals surface area contributed by atoms with Gasteiger partial charge in [0.05, 0.1) is 12.7 Å². The molecule has 0 spiro atoms. The maximum absolute atomic E-state index is 5.99. The van der Waals surface area contributed by atoms with Crippen LogP contribution >= 0.6 is 15.9 Å². The van der Waals surface area contributed by atoms with Crippen molar-refractivity contribution in [2.75, 3.05) is 6.61 Å². The molecule has 1 saturated carbocycles. The lowest BCUT2D eigenvalue weighted by molar-refractivity contribution is 0.0314. The first-order valence-electron chi connectivity index (χ1n) is 5.79. The van der Waals surface area contributed by atoms with Crippen LogP contribution in [-0.4, -0.2) is 12.6 Å². The van der Waals surface area contributed by atoms with E-state index in [0.29, 0.717) is 0 Å². The van der Waals surface area contributed by atoms with E-state index in [1.54, 1.807) is 0 Å². The average molecular weight is 284 g/mol. The summed E-state index contributed by atoms with van der Waals surface area (Å²) in [5.74, 6) is 0.772. The van der Waals surface area contributed by atoms with Crippen molar-refractivity contribution in [3.05, 3.63) is 34.3 Å². The number of rotatable bonds is 5. The van der Waals surface area contributed by atoms with Gasteiger partial charge in [0.15, 0.2) is 0 Å². The second-order valence-corrected chi connectivity index (χ2v) is 5.53. The zero-order valence-electron chi connectivity index (χ0n) is 9.53. The Kier molecular flexibility index (Phi) is 4.00. The number of ether oxygens (including phenoxy) is 1. The Bertz CT molecular complexity index is 350. The number of hydrogen-bond donors (Lipinski definition) is 1. The largest absolute Gasteiger partial charge is 0.372 e. The summed E-state index contributed by atoms with van der Waals surface area (Å²) in [5, 5.41) is 0. The van der Waals surface area contributed by atoms with Gasteiger partial charge in [-0.3, -0.25) is 0 Å². The van der Waals surface area contributed by atoms with Gasteiger partial charge >= 0.3 is 0 Å². The quantitative estimate of drug-likeness (QED) is 0.900. The van der Waals surface area contributed by atoms with Gasteiger partial charge in [-0.15, -0.1) is 0 Å². The van der Waals surface area contributed by atoms with Crippen molar-refractivity contribution in [2.45, 2.75) is 31.9 Å². The molecule has 1 fully saturated rings. The van der Waals surface area contributed by atoms with Crippen LogP contribution in [0.1, 0.15) is 31.4 Å². The molecule has 88 valence electrons. The van der Waals surface area contributed by atoms with Crippen molar-refractivity contribution in [3.8, 4) is 0 Å². The maximum atomic E-state index is 5.99. The molecule has 1 aromatic carbocycles. The summed E-state index contributed by atoms with van der Waals surface area (Å²) in [7, 11) is 0. The van der Waals surface area contributed by atoms with Crippen molar-refractivity contribution in [1.82, 2.24) is 0 Å². The fourth-order valence-corrected chi connectivity index (χ4v) is 2.18. The van der Waals surface area contributed by atoms with Gasteiger partial charge in [0, 0.05) is 10.5 Å². The molecule has 3 heteroatoms. The van der Waals surface area contributed by atoms with Crippen molar-refractivity contribution >= 4 is 15.9 Å². The Labute approximate surface area is 105 Å². The van der Waals surface area contributed by atoms with Gasteiger partial charge in [0.1, 0.15) is 0 Å². The SMILES string of the molecule is CC(N)C(OCC1CC1)c1cccc(Br)c1. The van der Waals surface area contributed by atoms with E-state index < -0.39 is 0 Å². The van der Waals surface area contributed by atoms with Crippen molar-refractivity contribution in [2.24, 2.45) is 11.7 Å². The molecule has 1 aliphatic rings. The molecule has 1 aliphatic carbocycles. The maximum Gasteiger partial charge on any atom is 0.0973 e. The zero-order valence-corrected chi connectivity index (χ0v) is 11.1. The van der Waals surface area contributed by atoms with Crippen LogP contribution in [0.4, 0.5) is 0 Å². The van der Waals surface area contributed by atoms with E-state index in [4.69, 9.17) is 10.5 Å². The lowest BCUT2D eigenvalue weighted by Gasteiger charge is -2.22. The fourth-order valence-electron chi connectivity index (χ4n) is 1.76. The molecule has 2 N–H and O–H groups in total.